The molecule has 0 spiro atoms. The first-order valence-electron chi connectivity index (χ1n) is 5.06. The summed E-state index contributed by atoms with van der Waals surface area (Å²) in [5.41, 5.74) is 1.22. The first-order valence-corrected chi connectivity index (χ1v) is 5.44. The first kappa shape index (κ1) is 10.9. The Morgan fingerprint density at radius 3 is 2.72 bits per heavy atom. The molecule has 90 valence electrons. The zero-order valence-electron chi connectivity index (χ0n) is 8.90. The van der Waals surface area contributed by atoms with E-state index in [0.29, 0.717) is 16.7 Å². The monoisotopic (exact) mass is 263 g/mol. The molecule has 1 aromatic carbocycles. The van der Waals surface area contributed by atoms with Crippen LogP contribution in [0, 0.1) is 0 Å². The predicted molar refractivity (Wildman–Crippen MR) is 64.0 cm³/mol. The number of nitrogens with one attached hydrogen (secondary N) is 1. The minimum absolute atomic E-state index is 0.136. The lowest BCUT2D eigenvalue weighted by atomic mass is 10.1. The van der Waals surface area contributed by atoms with Crippen molar-refractivity contribution in [1.82, 2.24) is 4.98 Å². The van der Waals surface area contributed by atoms with Crippen LogP contribution in [0.15, 0.2) is 44.0 Å². The summed E-state index contributed by atoms with van der Waals surface area (Å²) in [6, 6.07) is 7.63. The van der Waals surface area contributed by atoms with E-state index in [0.717, 1.165) is 0 Å². The van der Waals surface area contributed by atoms with Crippen molar-refractivity contribution in [2.24, 2.45) is 0 Å². The van der Waals surface area contributed by atoms with Gasteiger partial charge in [0.1, 0.15) is 0 Å². The smallest absolute Gasteiger partial charge is 0.417 e. The fraction of sp³-hybridized carbons (Fsp3) is 0. The highest BCUT2D eigenvalue weighted by Gasteiger charge is 2.14. The standard InChI is InChI=1S/C12H6ClNO4/c13-10-4-3-8(17-10)11(15)6-1-2-7-9(5-6)18-12(16)14-7/h1-5H,(H,14,16). The maximum Gasteiger partial charge on any atom is 0.417 e. The van der Waals surface area contributed by atoms with Gasteiger partial charge in [0.2, 0.25) is 5.78 Å². The number of hydrogen-bond donors (Lipinski definition) is 1. The van der Waals surface area contributed by atoms with E-state index in [1.807, 2.05) is 0 Å². The van der Waals surface area contributed by atoms with Gasteiger partial charge in [-0.15, -0.1) is 0 Å². The van der Waals surface area contributed by atoms with E-state index < -0.39 is 5.76 Å². The second kappa shape index (κ2) is 3.89. The minimum atomic E-state index is -0.560. The highest BCUT2D eigenvalue weighted by Crippen LogP contribution is 2.19. The van der Waals surface area contributed by atoms with Crippen LogP contribution < -0.4 is 5.76 Å². The van der Waals surface area contributed by atoms with E-state index in [1.54, 1.807) is 12.1 Å². The van der Waals surface area contributed by atoms with Gasteiger partial charge in [-0.3, -0.25) is 9.78 Å². The number of H-pyrrole nitrogens is 1. The Hall–Kier alpha value is -2.27. The Bertz CT molecular complexity index is 796. The molecule has 0 bridgehead atoms. The SMILES string of the molecule is O=C(c1ccc2[nH]c(=O)oc2c1)c1ccc(Cl)o1. The Morgan fingerprint density at radius 2 is 2.00 bits per heavy atom. The fourth-order valence-corrected chi connectivity index (χ4v) is 1.81. The molecule has 6 heteroatoms. The third kappa shape index (κ3) is 1.74. The van der Waals surface area contributed by atoms with Crippen LogP contribution in [-0.4, -0.2) is 10.8 Å². The molecule has 0 unspecified atom stereocenters. The first-order chi connectivity index (χ1) is 8.63. The van der Waals surface area contributed by atoms with Crippen molar-refractivity contribution in [3.8, 4) is 0 Å². The summed E-state index contributed by atoms with van der Waals surface area (Å²) in [7, 11) is 0. The molecule has 3 aromatic rings. The van der Waals surface area contributed by atoms with Crippen LogP contribution in [0.4, 0.5) is 0 Å². The summed E-state index contributed by atoms with van der Waals surface area (Å²) in [5, 5.41) is 0.146. The van der Waals surface area contributed by atoms with E-state index in [-0.39, 0.29) is 16.8 Å². The number of ketones is 1. The number of carbonyl (C=O) groups is 1. The van der Waals surface area contributed by atoms with Crippen LogP contribution in [0.5, 0.6) is 0 Å². The number of furan rings is 1. The number of benzene rings is 1. The van der Waals surface area contributed by atoms with Crippen LogP contribution in [0.3, 0.4) is 0 Å². The molecule has 0 saturated carbocycles. The van der Waals surface area contributed by atoms with Crippen molar-refractivity contribution in [2.45, 2.75) is 0 Å². The molecule has 3 rings (SSSR count). The molecular weight excluding hydrogens is 258 g/mol. The summed E-state index contributed by atoms with van der Waals surface area (Å²) < 4.78 is 9.91. The topological polar surface area (TPSA) is 76.2 Å². The van der Waals surface area contributed by atoms with Gasteiger partial charge in [0.15, 0.2) is 16.6 Å². The van der Waals surface area contributed by atoms with Gasteiger partial charge >= 0.3 is 5.76 Å². The maximum atomic E-state index is 12.0. The third-order valence-electron chi connectivity index (χ3n) is 2.48. The summed E-state index contributed by atoms with van der Waals surface area (Å²) in [6.07, 6.45) is 0. The van der Waals surface area contributed by atoms with Gasteiger partial charge in [0, 0.05) is 5.56 Å². The normalized spacial score (nSPS) is 10.9. The van der Waals surface area contributed by atoms with Crippen molar-refractivity contribution in [2.75, 3.05) is 0 Å². The lowest BCUT2D eigenvalue weighted by Gasteiger charge is -1.96. The van der Waals surface area contributed by atoms with Gasteiger partial charge in [-0.25, -0.2) is 4.79 Å². The molecule has 2 aromatic heterocycles. The van der Waals surface area contributed by atoms with Gasteiger partial charge in [-0.2, -0.15) is 0 Å². The van der Waals surface area contributed by atoms with Crippen molar-refractivity contribution in [3.63, 3.8) is 0 Å². The summed E-state index contributed by atoms with van der Waals surface area (Å²) in [4.78, 5) is 25.5. The van der Waals surface area contributed by atoms with Gasteiger partial charge in [-0.05, 0) is 41.9 Å². The maximum absolute atomic E-state index is 12.0. The number of fused-ring (bicyclic) bond motifs is 1. The summed E-state index contributed by atoms with van der Waals surface area (Å²) in [5.74, 6) is -0.750. The zero-order valence-corrected chi connectivity index (χ0v) is 9.65. The fourth-order valence-electron chi connectivity index (χ4n) is 1.67. The lowest BCUT2D eigenvalue weighted by Crippen LogP contribution is -1.98. The van der Waals surface area contributed by atoms with E-state index in [4.69, 9.17) is 20.4 Å². The second-order valence-corrected chi connectivity index (χ2v) is 4.03. The molecule has 5 nitrogen and oxygen atoms in total. The molecule has 0 radical (unpaired) electrons. The molecule has 18 heavy (non-hydrogen) atoms. The number of carbonyl (C=O) groups excluding carboxylic acids is 1. The van der Waals surface area contributed by atoms with Crippen LogP contribution in [0.25, 0.3) is 11.1 Å². The number of aromatic amines is 1. The van der Waals surface area contributed by atoms with Gasteiger partial charge < -0.3 is 8.83 Å². The largest absolute Gasteiger partial charge is 0.441 e. The Labute approximate surface area is 105 Å². The zero-order chi connectivity index (χ0) is 12.7. The Morgan fingerprint density at radius 1 is 1.17 bits per heavy atom. The quantitative estimate of drug-likeness (QED) is 0.721. The van der Waals surface area contributed by atoms with Crippen LogP contribution in [0.2, 0.25) is 5.22 Å². The van der Waals surface area contributed by atoms with Crippen molar-refractivity contribution < 1.29 is 13.6 Å². The van der Waals surface area contributed by atoms with Gasteiger partial charge in [-0.1, -0.05) is 0 Å². The van der Waals surface area contributed by atoms with E-state index >= 15 is 0 Å². The number of rotatable bonds is 2. The molecule has 2 heterocycles. The van der Waals surface area contributed by atoms with Gasteiger partial charge in [0.25, 0.3) is 0 Å². The molecule has 0 atom stereocenters. The molecule has 0 fully saturated rings. The Kier molecular flexibility index (Phi) is 2.34. The number of aromatic nitrogens is 1. The van der Waals surface area contributed by atoms with Crippen LogP contribution >= 0.6 is 11.6 Å². The average Bonchev–Trinajstić information content (AvgIpc) is 2.92. The number of oxazole rings is 1. The lowest BCUT2D eigenvalue weighted by molar-refractivity contribution is 0.101. The molecule has 0 aliphatic carbocycles. The Balaban J connectivity index is 2.08. The van der Waals surface area contributed by atoms with Crippen molar-refractivity contribution >= 4 is 28.5 Å². The highest BCUT2D eigenvalue weighted by molar-refractivity contribution is 6.29. The summed E-state index contributed by atoms with van der Waals surface area (Å²) >= 11 is 5.61. The minimum Gasteiger partial charge on any atom is -0.441 e. The molecular formula is C12H6ClNO4. The molecule has 0 aliphatic rings. The van der Waals surface area contributed by atoms with E-state index in [2.05, 4.69) is 4.98 Å². The molecule has 0 saturated heterocycles. The van der Waals surface area contributed by atoms with Gasteiger partial charge in [0.05, 0.1) is 5.52 Å². The summed E-state index contributed by atoms with van der Waals surface area (Å²) in [6.45, 7) is 0. The number of hydrogen-bond acceptors (Lipinski definition) is 4. The van der Waals surface area contributed by atoms with Crippen molar-refractivity contribution in [1.29, 1.82) is 0 Å². The van der Waals surface area contributed by atoms with Crippen molar-refractivity contribution in [3.05, 3.63) is 57.4 Å². The van der Waals surface area contributed by atoms with Crippen LogP contribution in [0.1, 0.15) is 16.1 Å². The predicted octanol–water partition coefficient (Wildman–Crippen LogP) is 2.60. The average molecular weight is 264 g/mol. The van der Waals surface area contributed by atoms with Crippen LogP contribution in [-0.2, 0) is 0 Å². The second-order valence-electron chi connectivity index (χ2n) is 3.66. The molecule has 1 N–H and O–H groups in total. The molecule has 0 amide bonds. The highest BCUT2D eigenvalue weighted by atomic mass is 35.5. The van der Waals surface area contributed by atoms with E-state index in [9.17, 15) is 9.59 Å². The number of halogens is 1. The van der Waals surface area contributed by atoms with E-state index in [1.165, 1.54) is 18.2 Å². The third-order valence-corrected chi connectivity index (χ3v) is 2.68. The molecule has 0 aliphatic heterocycles.